The smallest absolute Gasteiger partial charge is 0.408 e. The third-order valence-electron chi connectivity index (χ3n) is 7.13. The molecule has 0 aliphatic heterocycles. The highest BCUT2D eigenvalue weighted by atomic mass is 16.6. The van der Waals surface area contributed by atoms with E-state index in [2.05, 4.69) is 10.6 Å². The summed E-state index contributed by atoms with van der Waals surface area (Å²) in [5.41, 5.74) is 2.71. The molecule has 3 aromatic carbocycles. The maximum Gasteiger partial charge on any atom is 0.408 e. The minimum Gasteiger partial charge on any atom is -0.508 e. The van der Waals surface area contributed by atoms with Gasteiger partial charge in [0.05, 0.1) is 0 Å². The van der Waals surface area contributed by atoms with Crippen LogP contribution in [0.5, 0.6) is 11.5 Å². The number of phenols is 2. The Morgan fingerprint density at radius 1 is 0.886 bits per heavy atom. The molecular formula is C35H45N3O6. The first kappa shape index (κ1) is 34.0. The molecule has 0 aromatic heterocycles. The van der Waals surface area contributed by atoms with E-state index in [9.17, 15) is 24.6 Å². The molecular weight excluding hydrogens is 558 g/mol. The fourth-order valence-corrected chi connectivity index (χ4v) is 4.99. The third kappa shape index (κ3) is 9.76. The molecule has 0 saturated carbocycles. The van der Waals surface area contributed by atoms with E-state index in [0.717, 1.165) is 24.0 Å². The minimum atomic E-state index is -1.12. The largest absolute Gasteiger partial charge is 0.508 e. The second-order valence-corrected chi connectivity index (χ2v) is 12.1. The topological polar surface area (TPSA) is 128 Å². The van der Waals surface area contributed by atoms with Crippen molar-refractivity contribution < 1.29 is 29.3 Å². The van der Waals surface area contributed by atoms with E-state index < -0.39 is 35.6 Å². The summed E-state index contributed by atoms with van der Waals surface area (Å²) in [4.78, 5) is 43.2. The fraction of sp³-hybridized carbons (Fsp3) is 0.400. The van der Waals surface area contributed by atoms with Crippen LogP contribution in [0.4, 0.5) is 10.5 Å². The molecule has 0 bridgehead atoms. The van der Waals surface area contributed by atoms with Gasteiger partial charge >= 0.3 is 6.09 Å². The maximum absolute atomic E-state index is 14.6. The molecule has 9 heteroatoms. The summed E-state index contributed by atoms with van der Waals surface area (Å²) in [7, 11) is 0. The Balaban J connectivity index is 2.10. The number of hydrogen-bond acceptors (Lipinski definition) is 6. The molecule has 0 fully saturated rings. The number of anilines is 1. The molecule has 0 saturated heterocycles. The van der Waals surface area contributed by atoms with Gasteiger partial charge in [0.2, 0.25) is 5.91 Å². The lowest BCUT2D eigenvalue weighted by Gasteiger charge is -2.35. The Morgan fingerprint density at radius 2 is 1.52 bits per heavy atom. The van der Waals surface area contributed by atoms with Gasteiger partial charge in [-0.2, -0.15) is 0 Å². The van der Waals surface area contributed by atoms with Gasteiger partial charge in [-0.1, -0.05) is 62.2 Å². The van der Waals surface area contributed by atoms with Crippen molar-refractivity contribution in [1.82, 2.24) is 10.2 Å². The molecule has 0 aliphatic carbocycles. The quantitative estimate of drug-likeness (QED) is 0.174. The number of benzene rings is 3. The van der Waals surface area contributed by atoms with Crippen LogP contribution in [-0.4, -0.2) is 51.2 Å². The van der Waals surface area contributed by atoms with E-state index >= 15 is 0 Å². The van der Waals surface area contributed by atoms with Crippen molar-refractivity contribution in [3.63, 3.8) is 0 Å². The summed E-state index contributed by atoms with van der Waals surface area (Å²) in [6.07, 6.45) is 1.65. The van der Waals surface area contributed by atoms with E-state index in [1.54, 1.807) is 45.0 Å². The first-order valence-electron chi connectivity index (χ1n) is 15.0. The molecule has 3 rings (SSSR count). The predicted octanol–water partition coefficient (Wildman–Crippen LogP) is 6.55. The number of aromatic hydroxyl groups is 2. The number of hydrogen-bond donors (Lipinski definition) is 4. The van der Waals surface area contributed by atoms with Crippen LogP contribution in [0.15, 0.2) is 66.7 Å². The second-order valence-electron chi connectivity index (χ2n) is 12.1. The van der Waals surface area contributed by atoms with Gasteiger partial charge < -0.3 is 30.5 Å². The Bertz CT molecular complexity index is 1410. The van der Waals surface area contributed by atoms with Gasteiger partial charge in [0.15, 0.2) is 0 Å². The Morgan fingerprint density at radius 3 is 2.11 bits per heavy atom. The van der Waals surface area contributed by atoms with E-state index in [4.69, 9.17) is 4.74 Å². The number of alkyl carbamates (subject to hydrolysis) is 1. The average molecular weight is 604 g/mol. The number of para-hydroxylation sites is 1. The van der Waals surface area contributed by atoms with Crippen LogP contribution in [0.2, 0.25) is 0 Å². The van der Waals surface area contributed by atoms with Crippen LogP contribution >= 0.6 is 0 Å². The van der Waals surface area contributed by atoms with Crippen molar-refractivity contribution in [2.24, 2.45) is 0 Å². The second kappa shape index (κ2) is 15.3. The lowest BCUT2D eigenvalue weighted by molar-refractivity contribution is -0.140. The van der Waals surface area contributed by atoms with Gasteiger partial charge in [-0.15, -0.1) is 0 Å². The van der Waals surface area contributed by atoms with E-state index in [0.29, 0.717) is 23.2 Å². The third-order valence-corrected chi connectivity index (χ3v) is 7.13. The van der Waals surface area contributed by atoms with E-state index in [-0.39, 0.29) is 24.5 Å². The van der Waals surface area contributed by atoms with Gasteiger partial charge in [0, 0.05) is 18.7 Å². The Hall–Kier alpha value is -4.53. The molecule has 9 nitrogen and oxygen atoms in total. The van der Waals surface area contributed by atoms with Crippen molar-refractivity contribution in [3.8, 4) is 11.5 Å². The van der Waals surface area contributed by atoms with Crippen LogP contribution in [0.25, 0.3) is 0 Å². The predicted molar refractivity (Wildman–Crippen MR) is 172 cm³/mol. The summed E-state index contributed by atoms with van der Waals surface area (Å²) in [5, 5.41) is 25.9. The van der Waals surface area contributed by atoms with Gasteiger partial charge in [-0.25, -0.2) is 4.79 Å². The Kier molecular flexibility index (Phi) is 11.8. The molecule has 236 valence electrons. The Labute approximate surface area is 260 Å². The summed E-state index contributed by atoms with van der Waals surface area (Å²) >= 11 is 0. The number of carbonyl (C=O) groups is 3. The molecule has 0 radical (unpaired) electrons. The average Bonchev–Trinajstić information content (AvgIpc) is 2.94. The van der Waals surface area contributed by atoms with Crippen molar-refractivity contribution in [2.75, 3.05) is 11.9 Å². The van der Waals surface area contributed by atoms with Crippen LogP contribution in [0.3, 0.4) is 0 Å². The summed E-state index contributed by atoms with van der Waals surface area (Å²) < 4.78 is 5.49. The van der Waals surface area contributed by atoms with Crippen LogP contribution in [-0.2, 0) is 20.7 Å². The highest BCUT2D eigenvalue weighted by Crippen LogP contribution is 2.29. The number of rotatable bonds is 12. The maximum atomic E-state index is 14.6. The summed E-state index contributed by atoms with van der Waals surface area (Å²) in [6.45, 7) is 11.3. The number of ether oxygens (including phenoxy) is 1. The molecule has 0 aliphatic rings. The van der Waals surface area contributed by atoms with E-state index in [1.165, 1.54) is 29.2 Å². The lowest BCUT2D eigenvalue weighted by Crippen LogP contribution is -2.53. The number of phenolic OH excluding ortho intramolecular Hbond substituents is 2. The zero-order chi connectivity index (χ0) is 32.4. The zero-order valence-electron chi connectivity index (χ0n) is 26.5. The van der Waals surface area contributed by atoms with Crippen molar-refractivity contribution >= 4 is 23.6 Å². The number of unbranched alkanes of at least 4 members (excludes halogenated alkanes) is 2. The standard InChI is InChI=1S/C35H45N3O6/c1-7-8-9-20-38(33(42)29(36-34(43)44-35(4,5)6)21-25-16-18-27(39)19-17-25)31(26-14-11-15-28(40)22-26)32(41)37-30-23(2)12-10-13-24(30)3/h10-19,22,29,31,39-40H,7-9,20-21H2,1-6H3,(H,36,43)(H,37,41). The number of nitrogens with one attached hydrogen (secondary N) is 2. The van der Waals surface area contributed by atoms with Gasteiger partial charge in [-0.3, -0.25) is 9.59 Å². The molecule has 0 spiro atoms. The number of carbonyl (C=O) groups excluding carboxylic acids is 3. The lowest BCUT2D eigenvalue weighted by atomic mass is 9.99. The highest BCUT2D eigenvalue weighted by molar-refractivity contribution is 6.00. The van der Waals surface area contributed by atoms with Crippen LogP contribution < -0.4 is 10.6 Å². The van der Waals surface area contributed by atoms with Gasteiger partial charge in [-0.05, 0) is 87.6 Å². The number of amides is 3. The zero-order valence-corrected chi connectivity index (χ0v) is 26.5. The molecule has 3 aromatic rings. The van der Waals surface area contributed by atoms with Crippen molar-refractivity contribution in [3.05, 3.63) is 89.0 Å². The van der Waals surface area contributed by atoms with Crippen molar-refractivity contribution in [2.45, 2.75) is 84.9 Å². The van der Waals surface area contributed by atoms with Crippen LogP contribution in [0, 0.1) is 13.8 Å². The molecule has 2 unspecified atom stereocenters. The van der Waals surface area contributed by atoms with Crippen molar-refractivity contribution in [1.29, 1.82) is 0 Å². The van der Waals surface area contributed by atoms with Gasteiger partial charge in [0.1, 0.15) is 29.2 Å². The molecule has 0 heterocycles. The highest BCUT2D eigenvalue weighted by Gasteiger charge is 2.36. The van der Waals surface area contributed by atoms with E-state index in [1.807, 2.05) is 39.0 Å². The first-order chi connectivity index (χ1) is 20.8. The molecule has 4 N–H and O–H groups in total. The first-order valence-corrected chi connectivity index (χ1v) is 15.0. The number of nitrogens with zero attached hydrogens (tertiary/aromatic N) is 1. The monoisotopic (exact) mass is 603 g/mol. The summed E-state index contributed by atoms with van der Waals surface area (Å²) in [6, 6.07) is 16.2. The molecule has 3 amide bonds. The normalized spacial score (nSPS) is 12.6. The fourth-order valence-electron chi connectivity index (χ4n) is 4.99. The van der Waals surface area contributed by atoms with Gasteiger partial charge in [0.25, 0.3) is 5.91 Å². The molecule has 2 atom stereocenters. The van der Waals surface area contributed by atoms with Crippen LogP contribution in [0.1, 0.15) is 75.3 Å². The SMILES string of the molecule is CCCCCN(C(=O)C(Cc1ccc(O)cc1)NC(=O)OC(C)(C)C)C(C(=O)Nc1c(C)cccc1C)c1cccc(O)c1. The number of aryl methyl sites for hydroxylation is 2. The minimum absolute atomic E-state index is 0.0409. The molecule has 44 heavy (non-hydrogen) atoms. The summed E-state index contributed by atoms with van der Waals surface area (Å²) in [5.74, 6) is -0.894.